The van der Waals surface area contributed by atoms with Gasteiger partial charge in [-0.1, -0.05) is 19.3 Å². The van der Waals surface area contributed by atoms with E-state index in [0.717, 1.165) is 12.8 Å². The summed E-state index contributed by atoms with van der Waals surface area (Å²) in [5, 5.41) is 5.90. The van der Waals surface area contributed by atoms with E-state index in [1.807, 2.05) is 14.1 Å². The van der Waals surface area contributed by atoms with E-state index in [4.69, 9.17) is 0 Å². The van der Waals surface area contributed by atoms with Crippen LogP contribution in [0.5, 0.6) is 0 Å². The lowest BCUT2D eigenvalue weighted by molar-refractivity contribution is -0.116. The lowest BCUT2D eigenvalue weighted by Crippen LogP contribution is -2.36. The smallest absolute Gasteiger partial charge is 0.251 e. The lowest BCUT2D eigenvalue weighted by atomic mass is 9.95. The van der Waals surface area contributed by atoms with Crippen molar-refractivity contribution >= 4 is 17.5 Å². The predicted molar refractivity (Wildman–Crippen MR) is 88.0 cm³/mol. The number of likely N-dealkylation sites (N-methyl/N-ethyl adjacent to an activating group) is 1. The van der Waals surface area contributed by atoms with Gasteiger partial charge in [0, 0.05) is 17.3 Å². The van der Waals surface area contributed by atoms with Gasteiger partial charge in [0.15, 0.2) is 0 Å². The molecule has 0 unspecified atom stereocenters. The molecule has 2 rings (SSSR count). The molecule has 1 aromatic rings. The van der Waals surface area contributed by atoms with Gasteiger partial charge in [0.2, 0.25) is 5.91 Å². The Kier molecular flexibility index (Phi) is 5.95. The highest BCUT2D eigenvalue weighted by Crippen LogP contribution is 2.18. The third-order valence-electron chi connectivity index (χ3n) is 3.83. The summed E-state index contributed by atoms with van der Waals surface area (Å²) in [6.45, 7) is 0.337. The first-order valence-electron chi connectivity index (χ1n) is 7.90. The highest BCUT2D eigenvalue weighted by Gasteiger charge is 2.16. The van der Waals surface area contributed by atoms with Crippen LogP contribution in [0.25, 0.3) is 0 Å². The molecule has 0 spiro atoms. The van der Waals surface area contributed by atoms with Crippen molar-refractivity contribution < 1.29 is 9.59 Å². The molecular weight excluding hydrogens is 278 g/mol. The second kappa shape index (κ2) is 7.94. The second-order valence-electron chi connectivity index (χ2n) is 6.17. The van der Waals surface area contributed by atoms with Gasteiger partial charge in [-0.15, -0.1) is 0 Å². The normalized spacial score (nSPS) is 15.6. The van der Waals surface area contributed by atoms with Crippen LogP contribution in [0, 0.1) is 0 Å². The molecule has 2 N–H and O–H groups in total. The summed E-state index contributed by atoms with van der Waals surface area (Å²) in [5.41, 5.74) is 1.34. The summed E-state index contributed by atoms with van der Waals surface area (Å²) in [5.74, 6) is -0.0949. The molecule has 1 fully saturated rings. The summed E-state index contributed by atoms with van der Waals surface area (Å²) >= 11 is 0. The molecule has 22 heavy (non-hydrogen) atoms. The molecule has 0 atom stereocenters. The van der Waals surface area contributed by atoms with Crippen LogP contribution in [-0.4, -0.2) is 43.4 Å². The number of hydrogen-bond donors (Lipinski definition) is 2. The van der Waals surface area contributed by atoms with Crippen LogP contribution in [0.3, 0.4) is 0 Å². The molecule has 2 amide bonds. The van der Waals surface area contributed by atoms with Crippen LogP contribution in [0.15, 0.2) is 24.3 Å². The van der Waals surface area contributed by atoms with Crippen molar-refractivity contribution in [2.24, 2.45) is 0 Å². The number of nitrogens with zero attached hydrogens (tertiary/aromatic N) is 1. The van der Waals surface area contributed by atoms with E-state index < -0.39 is 0 Å². The largest absolute Gasteiger partial charge is 0.349 e. The Morgan fingerprint density at radius 2 is 1.73 bits per heavy atom. The lowest BCUT2D eigenvalue weighted by Gasteiger charge is -2.22. The topological polar surface area (TPSA) is 61.4 Å². The zero-order chi connectivity index (χ0) is 15.9. The summed E-state index contributed by atoms with van der Waals surface area (Å²) in [6.07, 6.45) is 5.81. The predicted octanol–water partition coefficient (Wildman–Crippen LogP) is 2.25. The molecule has 5 nitrogen and oxygen atoms in total. The number of carbonyl (C=O) groups excluding carboxylic acids is 2. The fraction of sp³-hybridized carbons (Fsp3) is 0.529. The van der Waals surface area contributed by atoms with Gasteiger partial charge in [0.1, 0.15) is 0 Å². The Balaban J connectivity index is 1.87. The fourth-order valence-electron chi connectivity index (χ4n) is 2.71. The molecule has 0 saturated heterocycles. The van der Waals surface area contributed by atoms with Crippen LogP contribution in [0.1, 0.15) is 42.5 Å². The number of nitrogens with one attached hydrogen (secondary N) is 2. The number of benzene rings is 1. The van der Waals surface area contributed by atoms with Crippen molar-refractivity contribution in [1.82, 2.24) is 10.2 Å². The maximum absolute atomic E-state index is 12.2. The van der Waals surface area contributed by atoms with Gasteiger partial charge >= 0.3 is 0 Å². The number of carbonyl (C=O) groups is 2. The first-order chi connectivity index (χ1) is 10.5. The summed E-state index contributed by atoms with van der Waals surface area (Å²) in [6, 6.07) is 7.35. The molecule has 120 valence electrons. The van der Waals surface area contributed by atoms with Crippen LogP contribution >= 0.6 is 0 Å². The molecule has 1 aliphatic carbocycles. The van der Waals surface area contributed by atoms with Crippen molar-refractivity contribution in [2.75, 3.05) is 26.0 Å². The molecule has 1 aromatic carbocycles. The van der Waals surface area contributed by atoms with Crippen molar-refractivity contribution in [2.45, 2.75) is 38.1 Å². The first kappa shape index (κ1) is 16.5. The van der Waals surface area contributed by atoms with E-state index in [-0.39, 0.29) is 11.8 Å². The maximum Gasteiger partial charge on any atom is 0.251 e. The van der Waals surface area contributed by atoms with Crippen molar-refractivity contribution in [3.63, 3.8) is 0 Å². The van der Waals surface area contributed by atoms with E-state index in [9.17, 15) is 9.59 Å². The maximum atomic E-state index is 12.2. The van der Waals surface area contributed by atoms with Crippen molar-refractivity contribution in [3.05, 3.63) is 29.8 Å². The Morgan fingerprint density at radius 1 is 1.09 bits per heavy atom. The van der Waals surface area contributed by atoms with Gasteiger partial charge in [-0.3, -0.25) is 9.59 Å². The number of hydrogen-bond acceptors (Lipinski definition) is 3. The van der Waals surface area contributed by atoms with Gasteiger partial charge in [0.25, 0.3) is 5.91 Å². The Bertz CT molecular complexity index is 505. The zero-order valence-corrected chi connectivity index (χ0v) is 13.4. The summed E-state index contributed by atoms with van der Waals surface area (Å²) in [4.78, 5) is 25.7. The fourth-order valence-corrected chi connectivity index (χ4v) is 2.71. The number of anilines is 1. The Morgan fingerprint density at radius 3 is 2.32 bits per heavy atom. The average Bonchev–Trinajstić information content (AvgIpc) is 2.48. The molecule has 1 saturated carbocycles. The van der Waals surface area contributed by atoms with E-state index >= 15 is 0 Å². The van der Waals surface area contributed by atoms with Gasteiger partial charge in [-0.05, 0) is 51.2 Å². The molecule has 5 heteroatoms. The van der Waals surface area contributed by atoms with E-state index in [2.05, 4.69) is 10.6 Å². The zero-order valence-electron chi connectivity index (χ0n) is 13.4. The summed E-state index contributed by atoms with van der Waals surface area (Å²) in [7, 11) is 3.69. The minimum atomic E-state index is -0.0654. The quantitative estimate of drug-likeness (QED) is 0.877. The average molecular weight is 303 g/mol. The standard InChI is InChI=1S/C17H25N3O2/c1-20(2)12-16(21)18-15-10-8-13(9-11-15)17(22)19-14-6-4-3-5-7-14/h8-11,14H,3-7,12H2,1-2H3,(H,18,21)(H,19,22). The minimum Gasteiger partial charge on any atom is -0.349 e. The van der Waals surface area contributed by atoms with Crippen LogP contribution < -0.4 is 10.6 Å². The SMILES string of the molecule is CN(C)CC(=O)Nc1ccc(C(=O)NC2CCCCC2)cc1. The number of rotatable bonds is 5. The first-order valence-corrected chi connectivity index (χ1v) is 7.90. The molecule has 0 heterocycles. The molecule has 0 bridgehead atoms. The van der Waals surface area contributed by atoms with E-state index in [1.165, 1.54) is 19.3 Å². The third-order valence-corrected chi connectivity index (χ3v) is 3.83. The van der Waals surface area contributed by atoms with Crippen LogP contribution in [-0.2, 0) is 4.79 Å². The highest BCUT2D eigenvalue weighted by atomic mass is 16.2. The number of amides is 2. The van der Waals surface area contributed by atoms with E-state index in [0.29, 0.717) is 23.8 Å². The van der Waals surface area contributed by atoms with Gasteiger partial charge in [0.05, 0.1) is 6.54 Å². The van der Waals surface area contributed by atoms with Crippen LogP contribution in [0.2, 0.25) is 0 Å². The van der Waals surface area contributed by atoms with Gasteiger partial charge < -0.3 is 15.5 Å². The highest BCUT2D eigenvalue weighted by molar-refractivity contribution is 5.96. The van der Waals surface area contributed by atoms with Gasteiger partial charge in [-0.2, -0.15) is 0 Å². The Labute approximate surface area is 132 Å². The second-order valence-corrected chi connectivity index (χ2v) is 6.17. The summed E-state index contributed by atoms with van der Waals surface area (Å²) < 4.78 is 0. The molecule has 0 aliphatic heterocycles. The van der Waals surface area contributed by atoms with Crippen molar-refractivity contribution in [1.29, 1.82) is 0 Å². The van der Waals surface area contributed by atoms with Gasteiger partial charge in [-0.25, -0.2) is 0 Å². The Hall–Kier alpha value is -1.88. The molecule has 0 aromatic heterocycles. The molecular formula is C17H25N3O2. The van der Waals surface area contributed by atoms with Crippen molar-refractivity contribution in [3.8, 4) is 0 Å². The van der Waals surface area contributed by atoms with Crippen LogP contribution in [0.4, 0.5) is 5.69 Å². The third kappa shape index (κ3) is 5.15. The minimum absolute atomic E-state index is 0.0296. The molecule has 1 aliphatic rings. The monoisotopic (exact) mass is 303 g/mol. The van der Waals surface area contributed by atoms with E-state index in [1.54, 1.807) is 29.2 Å². The molecule has 0 radical (unpaired) electrons.